The van der Waals surface area contributed by atoms with Gasteiger partial charge in [-0.25, -0.2) is 0 Å². The van der Waals surface area contributed by atoms with Gasteiger partial charge in [0.1, 0.15) is 13.2 Å². The maximum Gasteiger partial charge on any atom is 0.306 e. The average molecular weight is 1010 g/mol. The van der Waals surface area contributed by atoms with Gasteiger partial charge >= 0.3 is 17.9 Å². The molecule has 6 heteroatoms. The van der Waals surface area contributed by atoms with Gasteiger partial charge in [0.15, 0.2) is 6.10 Å². The van der Waals surface area contributed by atoms with E-state index in [0.717, 1.165) is 83.5 Å². The lowest BCUT2D eigenvalue weighted by molar-refractivity contribution is -0.167. The molecule has 0 heterocycles. The fourth-order valence-electron chi connectivity index (χ4n) is 9.34. The first-order valence-electron chi connectivity index (χ1n) is 31.6. The fraction of sp³-hybridized carbons (Fsp3) is 0.833. The van der Waals surface area contributed by atoms with Gasteiger partial charge in [-0.1, -0.05) is 288 Å². The molecule has 0 radical (unpaired) electrons. The van der Waals surface area contributed by atoms with Crippen LogP contribution in [0.4, 0.5) is 0 Å². The minimum atomic E-state index is -0.776. The molecule has 72 heavy (non-hydrogen) atoms. The Hall–Kier alpha value is -2.63. The maximum atomic E-state index is 12.9. The predicted octanol–water partition coefficient (Wildman–Crippen LogP) is 21.4. The Morgan fingerprint density at radius 2 is 0.542 bits per heavy atom. The number of unbranched alkanes of at least 4 members (excludes halogenated alkanes) is 39. The van der Waals surface area contributed by atoms with Crippen LogP contribution >= 0.6 is 0 Å². The molecule has 0 amide bonds. The lowest BCUT2D eigenvalue weighted by Crippen LogP contribution is -2.30. The van der Waals surface area contributed by atoms with Crippen molar-refractivity contribution in [2.24, 2.45) is 0 Å². The van der Waals surface area contributed by atoms with Crippen molar-refractivity contribution in [2.45, 2.75) is 341 Å². The number of hydrogen-bond acceptors (Lipinski definition) is 6. The molecule has 0 aromatic rings. The molecule has 1 unspecified atom stereocenters. The summed E-state index contributed by atoms with van der Waals surface area (Å²) in [6, 6.07) is 0. The Bertz CT molecular complexity index is 1250. The average Bonchev–Trinajstić information content (AvgIpc) is 3.38. The molecule has 0 aromatic heterocycles. The number of allylic oxidation sites excluding steroid dienone is 8. The van der Waals surface area contributed by atoms with E-state index < -0.39 is 6.10 Å². The summed E-state index contributed by atoms with van der Waals surface area (Å²) in [5.41, 5.74) is 0. The van der Waals surface area contributed by atoms with Gasteiger partial charge in [-0.2, -0.15) is 0 Å². The Balaban J connectivity index is 4.24. The highest BCUT2D eigenvalue weighted by molar-refractivity contribution is 5.71. The van der Waals surface area contributed by atoms with E-state index in [0.29, 0.717) is 19.3 Å². The van der Waals surface area contributed by atoms with Gasteiger partial charge in [0.25, 0.3) is 0 Å². The number of carbonyl (C=O) groups excluding carboxylic acids is 3. The van der Waals surface area contributed by atoms with E-state index >= 15 is 0 Å². The molecule has 0 saturated heterocycles. The van der Waals surface area contributed by atoms with Crippen molar-refractivity contribution in [3.8, 4) is 0 Å². The van der Waals surface area contributed by atoms with Gasteiger partial charge in [-0.05, 0) is 77.0 Å². The van der Waals surface area contributed by atoms with Crippen LogP contribution in [0, 0.1) is 0 Å². The third kappa shape index (κ3) is 58.3. The highest BCUT2D eigenvalue weighted by Crippen LogP contribution is 2.17. The van der Waals surface area contributed by atoms with Crippen LogP contribution in [0.25, 0.3) is 0 Å². The lowest BCUT2D eigenvalue weighted by atomic mass is 10.0. The lowest BCUT2D eigenvalue weighted by Gasteiger charge is -2.18. The van der Waals surface area contributed by atoms with Crippen LogP contribution in [-0.2, 0) is 28.6 Å². The highest BCUT2D eigenvalue weighted by Gasteiger charge is 2.19. The van der Waals surface area contributed by atoms with E-state index in [1.54, 1.807) is 0 Å². The number of esters is 3. The van der Waals surface area contributed by atoms with E-state index in [9.17, 15) is 14.4 Å². The molecule has 0 aromatic carbocycles. The Labute approximate surface area is 448 Å². The smallest absolute Gasteiger partial charge is 0.306 e. The molecule has 0 rings (SSSR count). The van der Waals surface area contributed by atoms with E-state index in [4.69, 9.17) is 14.2 Å². The highest BCUT2D eigenvalue weighted by atomic mass is 16.6. The van der Waals surface area contributed by atoms with Crippen LogP contribution in [0.3, 0.4) is 0 Å². The first kappa shape index (κ1) is 69.4. The molecule has 0 bridgehead atoms. The van der Waals surface area contributed by atoms with E-state index in [-0.39, 0.29) is 31.1 Å². The molecule has 0 spiro atoms. The summed E-state index contributed by atoms with van der Waals surface area (Å²) in [4.78, 5) is 38.2. The molecule has 0 fully saturated rings. The molecule has 420 valence electrons. The summed E-state index contributed by atoms with van der Waals surface area (Å²) in [6.45, 7) is 6.56. The van der Waals surface area contributed by atoms with Crippen LogP contribution in [-0.4, -0.2) is 37.2 Å². The summed E-state index contributed by atoms with van der Waals surface area (Å²) in [6.07, 6.45) is 75.5. The van der Waals surface area contributed by atoms with Crippen molar-refractivity contribution in [3.63, 3.8) is 0 Å². The van der Waals surface area contributed by atoms with Gasteiger partial charge < -0.3 is 14.2 Å². The maximum absolute atomic E-state index is 12.9. The second-order valence-corrected chi connectivity index (χ2v) is 21.3. The second kappa shape index (κ2) is 60.9. The molecule has 0 aliphatic rings. The van der Waals surface area contributed by atoms with Crippen LogP contribution in [0.1, 0.15) is 335 Å². The van der Waals surface area contributed by atoms with Crippen molar-refractivity contribution in [1.29, 1.82) is 0 Å². The molecule has 0 N–H and O–H groups in total. The van der Waals surface area contributed by atoms with Crippen molar-refractivity contribution < 1.29 is 28.6 Å². The first-order chi connectivity index (χ1) is 35.5. The largest absolute Gasteiger partial charge is 0.462 e. The summed E-state index contributed by atoms with van der Waals surface area (Å²) < 4.78 is 16.9. The van der Waals surface area contributed by atoms with Crippen molar-refractivity contribution >= 4 is 17.9 Å². The van der Waals surface area contributed by atoms with Crippen LogP contribution < -0.4 is 0 Å². The minimum absolute atomic E-state index is 0.0734. The number of rotatable bonds is 58. The molecule has 0 saturated carbocycles. The molecule has 0 aliphatic carbocycles. The van der Waals surface area contributed by atoms with E-state index in [2.05, 4.69) is 69.4 Å². The monoisotopic (exact) mass is 1010 g/mol. The van der Waals surface area contributed by atoms with Gasteiger partial charge in [-0.3, -0.25) is 14.4 Å². The zero-order chi connectivity index (χ0) is 52.2. The first-order valence-corrected chi connectivity index (χ1v) is 31.6. The zero-order valence-electron chi connectivity index (χ0n) is 48.2. The topological polar surface area (TPSA) is 78.9 Å². The van der Waals surface area contributed by atoms with E-state index in [1.165, 1.54) is 212 Å². The summed E-state index contributed by atoms with van der Waals surface area (Å²) in [5.74, 6) is -0.865. The van der Waals surface area contributed by atoms with Gasteiger partial charge in [-0.15, -0.1) is 0 Å². The van der Waals surface area contributed by atoms with Crippen LogP contribution in [0.5, 0.6) is 0 Å². The normalized spacial score (nSPS) is 12.3. The van der Waals surface area contributed by atoms with Crippen LogP contribution in [0.2, 0.25) is 0 Å². The molecule has 1 atom stereocenters. The summed E-state index contributed by atoms with van der Waals surface area (Å²) >= 11 is 0. The molecular weight excluding hydrogens is 889 g/mol. The standard InChI is InChI=1S/C66H120O6/c1-4-7-10-13-16-19-22-25-27-29-30-31-32-33-34-35-36-38-39-41-44-47-50-53-56-59-65(68)71-62-63(61-70-64(67)58-55-52-49-46-43-24-21-18-15-12-9-6-3)72-66(69)60-57-54-51-48-45-42-40-37-28-26-23-20-17-14-11-8-5-2/h8,11,17,20,26,28-30,63H,4-7,9-10,12-16,18-19,21-25,27,31-62H2,1-3H3/b11-8-,20-17-,28-26-,30-29-. The third-order valence-electron chi connectivity index (χ3n) is 14.1. The summed E-state index contributed by atoms with van der Waals surface area (Å²) in [5, 5.41) is 0. The van der Waals surface area contributed by atoms with Gasteiger partial charge in [0.2, 0.25) is 0 Å². The Morgan fingerprint density at radius 1 is 0.292 bits per heavy atom. The Kier molecular flexibility index (Phi) is 58.7. The van der Waals surface area contributed by atoms with Gasteiger partial charge in [0, 0.05) is 19.3 Å². The number of carbonyl (C=O) groups is 3. The van der Waals surface area contributed by atoms with Gasteiger partial charge in [0.05, 0.1) is 0 Å². The SMILES string of the molecule is CC/C=C\C/C=C\C/C=C\CCCCCCCCCC(=O)OC(COC(=O)CCCCCCCCCCCCCC)COC(=O)CCCCCCCCCCCCCCC/C=C\CCCCCCCCCC. The van der Waals surface area contributed by atoms with Crippen molar-refractivity contribution in [1.82, 2.24) is 0 Å². The quantitative estimate of drug-likeness (QED) is 0.0261. The molecule has 6 nitrogen and oxygen atoms in total. The second-order valence-electron chi connectivity index (χ2n) is 21.3. The minimum Gasteiger partial charge on any atom is -0.462 e. The van der Waals surface area contributed by atoms with Crippen LogP contribution in [0.15, 0.2) is 48.6 Å². The number of hydrogen-bond donors (Lipinski definition) is 0. The fourth-order valence-corrected chi connectivity index (χ4v) is 9.34. The predicted molar refractivity (Wildman–Crippen MR) is 312 cm³/mol. The van der Waals surface area contributed by atoms with E-state index in [1.807, 2.05) is 0 Å². The Morgan fingerprint density at radius 3 is 0.861 bits per heavy atom. The molecular formula is C66H120O6. The third-order valence-corrected chi connectivity index (χ3v) is 14.1. The zero-order valence-corrected chi connectivity index (χ0v) is 48.2. The van der Waals surface area contributed by atoms with Crippen molar-refractivity contribution in [3.05, 3.63) is 48.6 Å². The summed E-state index contributed by atoms with van der Waals surface area (Å²) in [7, 11) is 0. The van der Waals surface area contributed by atoms with Crippen molar-refractivity contribution in [2.75, 3.05) is 13.2 Å². The molecule has 0 aliphatic heterocycles. The number of ether oxygens (including phenoxy) is 3.